The van der Waals surface area contributed by atoms with Crippen molar-refractivity contribution in [1.82, 2.24) is 15.0 Å². The smallest absolute Gasteiger partial charge is 0.226 e. The minimum absolute atomic E-state index is 0.131. The largest absolute Gasteiger partial charge is 0.444 e. The summed E-state index contributed by atoms with van der Waals surface area (Å²) in [7, 11) is 0. The minimum Gasteiger partial charge on any atom is -0.444 e. The molecule has 0 spiro atoms. The standard InChI is InChI=1S/C22H15ClN6O2S2/c23-14-3-1-13(2-4-14)20-28-15(11-31-20)12-33-21-17(10-25)18(22-27-6-8-32-22)16(9-24)19(29-21)26-5-7-30/h1-4,6,8,11,30H,5,7,12H2,(H,26,29). The molecule has 0 radical (unpaired) electrons. The summed E-state index contributed by atoms with van der Waals surface area (Å²) in [4.78, 5) is 13.3. The van der Waals surface area contributed by atoms with Crippen molar-refractivity contribution in [2.24, 2.45) is 0 Å². The fraction of sp³-hybridized carbons (Fsp3) is 0.136. The number of halogens is 1. The van der Waals surface area contributed by atoms with E-state index in [4.69, 9.17) is 16.0 Å². The van der Waals surface area contributed by atoms with Crippen LogP contribution in [0.4, 0.5) is 5.82 Å². The van der Waals surface area contributed by atoms with Crippen LogP contribution in [0.3, 0.4) is 0 Å². The maximum absolute atomic E-state index is 9.92. The van der Waals surface area contributed by atoms with Crippen molar-refractivity contribution in [2.45, 2.75) is 10.8 Å². The molecule has 0 bridgehead atoms. The number of hydrogen-bond donors (Lipinski definition) is 2. The van der Waals surface area contributed by atoms with E-state index in [-0.39, 0.29) is 24.3 Å². The number of anilines is 1. The van der Waals surface area contributed by atoms with Gasteiger partial charge in [0.05, 0.1) is 23.4 Å². The number of pyridine rings is 1. The third-order valence-electron chi connectivity index (χ3n) is 4.44. The summed E-state index contributed by atoms with van der Waals surface area (Å²) in [6, 6.07) is 11.5. The van der Waals surface area contributed by atoms with Crippen molar-refractivity contribution < 1.29 is 9.52 Å². The van der Waals surface area contributed by atoms with Gasteiger partial charge in [0.25, 0.3) is 0 Å². The Morgan fingerprint density at radius 1 is 1.15 bits per heavy atom. The van der Waals surface area contributed by atoms with Gasteiger partial charge in [-0.1, -0.05) is 23.4 Å². The van der Waals surface area contributed by atoms with E-state index in [9.17, 15) is 15.6 Å². The van der Waals surface area contributed by atoms with Gasteiger partial charge in [0, 0.05) is 34.5 Å². The van der Waals surface area contributed by atoms with E-state index >= 15 is 0 Å². The second-order valence-corrected chi connectivity index (χ2v) is 8.84. The van der Waals surface area contributed by atoms with Gasteiger partial charge in [-0.2, -0.15) is 10.5 Å². The molecule has 4 rings (SSSR count). The first kappa shape index (κ1) is 22.8. The molecule has 164 valence electrons. The molecule has 0 aliphatic carbocycles. The molecule has 0 atom stereocenters. The van der Waals surface area contributed by atoms with Gasteiger partial charge < -0.3 is 14.8 Å². The molecule has 0 aliphatic heterocycles. The van der Waals surface area contributed by atoms with Crippen LogP contribution in [0.5, 0.6) is 0 Å². The van der Waals surface area contributed by atoms with E-state index in [1.807, 2.05) is 12.1 Å². The molecule has 0 saturated carbocycles. The lowest BCUT2D eigenvalue weighted by atomic mass is 10.1. The number of aliphatic hydroxyl groups excluding tert-OH is 1. The minimum atomic E-state index is -0.131. The van der Waals surface area contributed by atoms with Gasteiger partial charge in [0.15, 0.2) is 0 Å². The molecule has 4 aromatic rings. The van der Waals surface area contributed by atoms with Gasteiger partial charge in [-0.15, -0.1) is 11.3 Å². The van der Waals surface area contributed by atoms with Crippen molar-refractivity contribution in [1.29, 1.82) is 10.5 Å². The number of nitriles is 2. The highest BCUT2D eigenvalue weighted by molar-refractivity contribution is 7.98. The Kier molecular flexibility index (Phi) is 7.23. The third-order valence-corrected chi connectivity index (χ3v) is 6.49. The Morgan fingerprint density at radius 3 is 2.61 bits per heavy atom. The Morgan fingerprint density at radius 2 is 1.94 bits per heavy atom. The molecule has 0 fully saturated rings. The van der Waals surface area contributed by atoms with Crippen LogP contribution in [0.2, 0.25) is 5.02 Å². The van der Waals surface area contributed by atoms with E-state index in [1.165, 1.54) is 23.1 Å². The number of nitrogens with one attached hydrogen (secondary N) is 1. The highest BCUT2D eigenvalue weighted by atomic mass is 35.5. The fourth-order valence-corrected chi connectivity index (χ4v) is 4.67. The maximum Gasteiger partial charge on any atom is 0.226 e. The number of aromatic nitrogens is 3. The number of aliphatic hydroxyl groups is 1. The zero-order chi connectivity index (χ0) is 23.2. The molecule has 11 heteroatoms. The Hall–Kier alpha value is -3.41. The zero-order valence-electron chi connectivity index (χ0n) is 16.9. The number of hydrogen-bond acceptors (Lipinski definition) is 10. The van der Waals surface area contributed by atoms with Crippen molar-refractivity contribution in [3.05, 3.63) is 63.9 Å². The average molecular weight is 495 g/mol. The van der Waals surface area contributed by atoms with E-state index in [0.717, 1.165) is 5.56 Å². The number of thioether (sulfide) groups is 1. The number of benzene rings is 1. The predicted molar refractivity (Wildman–Crippen MR) is 127 cm³/mol. The van der Waals surface area contributed by atoms with Crippen molar-refractivity contribution in [3.8, 4) is 34.2 Å². The SMILES string of the molecule is N#Cc1c(NCCO)nc(SCc2coc(-c3ccc(Cl)cc3)n2)c(C#N)c1-c1nccs1. The van der Waals surface area contributed by atoms with Crippen molar-refractivity contribution >= 4 is 40.5 Å². The quantitative estimate of drug-likeness (QED) is 0.326. The molecule has 0 aliphatic rings. The van der Waals surface area contributed by atoms with E-state index in [2.05, 4.69) is 32.4 Å². The Bertz CT molecular complexity index is 1340. The highest BCUT2D eigenvalue weighted by Crippen LogP contribution is 2.38. The van der Waals surface area contributed by atoms with Crippen LogP contribution in [0.25, 0.3) is 22.0 Å². The molecule has 33 heavy (non-hydrogen) atoms. The van der Waals surface area contributed by atoms with Gasteiger partial charge in [0.2, 0.25) is 5.89 Å². The molecule has 2 N–H and O–H groups in total. The molecule has 8 nitrogen and oxygen atoms in total. The lowest BCUT2D eigenvalue weighted by Crippen LogP contribution is -2.11. The van der Waals surface area contributed by atoms with Crippen LogP contribution in [0.15, 0.2) is 51.5 Å². The molecule has 0 amide bonds. The molecule has 1 aromatic carbocycles. The second kappa shape index (κ2) is 10.5. The number of rotatable bonds is 8. The van der Waals surface area contributed by atoms with E-state index in [1.54, 1.807) is 30.0 Å². The van der Waals surface area contributed by atoms with Crippen LogP contribution >= 0.6 is 34.7 Å². The number of nitrogens with zero attached hydrogens (tertiary/aromatic N) is 5. The molecule has 3 aromatic heterocycles. The van der Waals surface area contributed by atoms with E-state index in [0.29, 0.717) is 43.8 Å². The Labute approximate surface area is 202 Å². The topological polar surface area (TPSA) is 132 Å². The maximum atomic E-state index is 9.92. The van der Waals surface area contributed by atoms with E-state index < -0.39 is 0 Å². The average Bonchev–Trinajstić information content (AvgIpc) is 3.53. The summed E-state index contributed by atoms with van der Waals surface area (Å²) in [5.74, 6) is 1.14. The van der Waals surface area contributed by atoms with Gasteiger partial charge in [-0.25, -0.2) is 15.0 Å². The van der Waals surface area contributed by atoms with Crippen LogP contribution < -0.4 is 5.32 Å². The van der Waals surface area contributed by atoms with Crippen LogP contribution in [0, 0.1) is 22.7 Å². The van der Waals surface area contributed by atoms with Gasteiger partial charge >= 0.3 is 0 Å². The van der Waals surface area contributed by atoms with Crippen LogP contribution in [0.1, 0.15) is 16.8 Å². The fourth-order valence-electron chi connectivity index (χ4n) is 2.98. The van der Waals surface area contributed by atoms with Gasteiger partial charge in [0.1, 0.15) is 39.8 Å². The lowest BCUT2D eigenvalue weighted by Gasteiger charge is -2.14. The third kappa shape index (κ3) is 5.00. The summed E-state index contributed by atoms with van der Waals surface area (Å²) in [6.45, 7) is 0.0801. The van der Waals surface area contributed by atoms with Crippen molar-refractivity contribution in [2.75, 3.05) is 18.5 Å². The summed E-state index contributed by atoms with van der Waals surface area (Å²) < 4.78 is 5.59. The summed E-state index contributed by atoms with van der Waals surface area (Å²) in [5, 5.41) is 35.2. The zero-order valence-corrected chi connectivity index (χ0v) is 19.3. The molecule has 3 heterocycles. The first-order chi connectivity index (χ1) is 16.1. The Balaban J connectivity index is 1.67. The summed E-state index contributed by atoms with van der Waals surface area (Å²) in [6.07, 6.45) is 3.17. The van der Waals surface area contributed by atoms with Crippen LogP contribution in [-0.2, 0) is 5.75 Å². The van der Waals surface area contributed by atoms with Gasteiger partial charge in [-0.3, -0.25) is 0 Å². The predicted octanol–water partition coefficient (Wildman–Crippen LogP) is 4.95. The van der Waals surface area contributed by atoms with Gasteiger partial charge in [-0.05, 0) is 24.3 Å². The molecular weight excluding hydrogens is 480 g/mol. The first-order valence-electron chi connectivity index (χ1n) is 9.60. The number of oxazole rings is 1. The normalized spacial score (nSPS) is 10.5. The number of thiazole rings is 1. The molecule has 0 saturated heterocycles. The second-order valence-electron chi connectivity index (χ2n) is 6.54. The molecule has 0 unspecified atom stereocenters. The summed E-state index contributed by atoms with van der Waals surface area (Å²) >= 11 is 8.57. The molecular formula is C22H15ClN6O2S2. The lowest BCUT2D eigenvalue weighted by molar-refractivity contribution is 0.311. The van der Waals surface area contributed by atoms with Crippen LogP contribution in [-0.4, -0.2) is 33.2 Å². The first-order valence-corrected chi connectivity index (χ1v) is 11.8. The monoisotopic (exact) mass is 494 g/mol. The van der Waals surface area contributed by atoms with Crippen molar-refractivity contribution in [3.63, 3.8) is 0 Å². The summed E-state index contributed by atoms with van der Waals surface area (Å²) in [5.41, 5.74) is 2.37. The highest BCUT2D eigenvalue weighted by Gasteiger charge is 2.23.